The normalized spacial score (nSPS) is 11.9. The van der Waals surface area contributed by atoms with E-state index in [1.54, 1.807) is 0 Å². The third-order valence-electron chi connectivity index (χ3n) is 8.75. The molecule has 0 heterocycles. The van der Waals surface area contributed by atoms with Gasteiger partial charge < -0.3 is 9.47 Å². The first-order valence-corrected chi connectivity index (χ1v) is 14.8. The lowest BCUT2D eigenvalue weighted by Gasteiger charge is -2.14. The van der Waals surface area contributed by atoms with Crippen molar-refractivity contribution in [2.24, 2.45) is 0 Å². The molecule has 8 aromatic carbocycles. The topological polar surface area (TPSA) is 52.6 Å². The number of hydrogen-bond donors (Lipinski definition) is 0. The first kappa shape index (κ1) is 25.5. The third kappa shape index (κ3) is 4.21. The van der Waals surface area contributed by atoms with Crippen LogP contribution in [0.25, 0.3) is 64.6 Å². The van der Waals surface area contributed by atoms with E-state index in [1.807, 2.05) is 36.4 Å². The van der Waals surface area contributed by atoms with Gasteiger partial charge in [0.15, 0.2) is 0 Å². The lowest BCUT2D eigenvalue weighted by atomic mass is 9.92. The summed E-state index contributed by atoms with van der Waals surface area (Å²) in [5, 5.41) is 13.3. The number of unbranched alkanes of at least 4 members (excludes halogenated alkanes) is 2. The number of benzene rings is 8. The monoisotopic (exact) mass is 560 g/mol. The summed E-state index contributed by atoms with van der Waals surface area (Å²) in [4.78, 5) is 26.1. The van der Waals surface area contributed by atoms with Crippen LogP contribution in [0.3, 0.4) is 0 Å². The van der Waals surface area contributed by atoms with Gasteiger partial charge in [-0.15, -0.1) is 0 Å². The summed E-state index contributed by atoms with van der Waals surface area (Å²) in [7, 11) is 0. The second kappa shape index (κ2) is 10.2. The minimum Gasteiger partial charge on any atom is -0.462 e. The van der Waals surface area contributed by atoms with Crippen molar-refractivity contribution < 1.29 is 19.1 Å². The van der Waals surface area contributed by atoms with E-state index >= 15 is 0 Å². The molecule has 0 aliphatic carbocycles. The Labute approximate surface area is 248 Å². The highest BCUT2D eigenvalue weighted by Gasteiger charge is 2.17. The molecule has 208 valence electrons. The Morgan fingerprint density at radius 1 is 0.395 bits per heavy atom. The van der Waals surface area contributed by atoms with Crippen molar-refractivity contribution in [1.29, 1.82) is 0 Å². The molecule has 4 nitrogen and oxygen atoms in total. The van der Waals surface area contributed by atoms with Crippen molar-refractivity contribution in [2.45, 2.75) is 19.3 Å². The zero-order valence-corrected chi connectivity index (χ0v) is 23.6. The van der Waals surface area contributed by atoms with E-state index in [9.17, 15) is 9.59 Å². The second-order valence-corrected chi connectivity index (χ2v) is 11.3. The van der Waals surface area contributed by atoms with Crippen LogP contribution in [0.1, 0.15) is 40.0 Å². The molecule has 0 aliphatic rings. The molecule has 0 spiro atoms. The zero-order chi connectivity index (χ0) is 28.9. The first-order valence-electron chi connectivity index (χ1n) is 14.8. The average Bonchev–Trinajstić information content (AvgIpc) is 3.05. The number of carbonyl (C=O) groups excluding carboxylic acids is 2. The summed E-state index contributed by atoms with van der Waals surface area (Å²) < 4.78 is 11.3. The van der Waals surface area contributed by atoms with Gasteiger partial charge in [-0.1, -0.05) is 97.1 Å². The lowest BCUT2D eigenvalue weighted by Crippen LogP contribution is -2.09. The minimum absolute atomic E-state index is 0.307. The van der Waals surface area contributed by atoms with Crippen LogP contribution in [0, 0.1) is 0 Å². The van der Waals surface area contributed by atoms with E-state index in [1.165, 1.54) is 32.3 Å². The summed E-state index contributed by atoms with van der Waals surface area (Å²) in [6, 6.07) is 36.9. The van der Waals surface area contributed by atoms with E-state index in [2.05, 4.69) is 72.8 Å². The van der Waals surface area contributed by atoms with Gasteiger partial charge in [0.25, 0.3) is 0 Å². The Hall–Kier alpha value is -5.22. The maximum absolute atomic E-state index is 13.1. The molecule has 0 aromatic heterocycles. The van der Waals surface area contributed by atoms with Gasteiger partial charge in [0.05, 0.1) is 24.3 Å². The van der Waals surface area contributed by atoms with Gasteiger partial charge in [-0.25, -0.2) is 9.59 Å². The molecule has 4 heteroatoms. The van der Waals surface area contributed by atoms with Gasteiger partial charge in [-0.3, -0.25) is 0 Å². The maximum atomic E-state index is 13.1. The molecule has 43 heavy (non-hydrogen) atoms. The molecule has 0 fully saturated rings. The van der Waals surface area contributed by atoms with Crippen LogP contribution in [0.15, 0.2) is 109 Å². The Balaban J connectivity index is 0.886. The number of rotatable bonds is 8. The smallest absolute Gasteiger partial charge is 0.338 e. The molecule has 0 bridgehead atoms. The molecule has 0 unspecified atom stereocenters. The third-order valence-corrected chi connectivity index (χ3v) is 8.75. The molecule has 0 aliphatic heterocycles. The van der Waals surface area contributed by atoms with Crippen LogP contribution in [-0.4, -0.2) is 25.2 Å². The van der Waals surface area contributed by atoms with Crippen molar-refractivity contribution in [3.63, 3.8) is 0 Å². The van der Waals surface area contributed by atoms with Crippen molar-refractivity contribution >= 4 is 76.6 Å². The summed E-state index contributed by atoms with van der Waals surface area (Å²) >= 11 is 0. The quantitative estimate of drug-likeness (QED) is 0.105. The van der Waals surface area contributed by atoms with Crippen LogP contribution in [-0.2, 0) is 9.47 Å². The van der Waals surface area contributed by atoms with Crippen LogP contribution in [0.5, 0.6) is 0 Å². The van der Waals surface area contributed by atoms with Gasteiger partial charge in [0.1, 0.15) is 0 Å². The summed E-state index contributed by atoms with van der Waals surface area (Å²) in [6.07, 6.45) is 2.19. The Morgan fingerprint density at radius 2 is 0.744 bits per heavy atom. The number of carbonyl (C=O) groups is 2. The predicted molar refractivity (Wildman–Crippen MR) is 175 cm³/mol. The van der Waals surface area contributed by atoms with Crippen LogP contribution >= 0.6 is 0 Å². The van der Waals surface area contributed by atoms with Crippen LogP contribution in [0.2, 0.25) is 0 Å². The SMILES string of the molecule is O=C(OCCCCCOC(=O)c1ccc2ccc3cccc4ccc1c2c34)c1ccc2ccc3cccc4ccc1c2c34. The molecule has 0 N–H and O–H groups in total. The summed E-state index contributed by atoms with van der Waals surface area (Å²) in [6.45, 7) is 0.646. The fourth-order valence-electron chi connectivity index (χ4n) is 6.69. The molecular formula is C39H28O4. The number of ether oxygens (including phenoxy) is 2. The maximum Gasteiger partial charge on any atom is 0.338 e. The van der Waals surface area contributed by atoms with E-state index in [4.69, 9.17) is 9.47 Å². The Bertz CT molecular complexity index is 2120. The van der Waals surface area contributed by atoms with Crippen molar-refractivity contribution in [3.05, 3.63) is 120 Å². The first-order chi connectivity index (χ1) is 21.2. The van der Waals surface area contributed by atoms with Gasteiger partial charge >= 0.3 is 11.9 Å². The van der Waals surface area contributed by atoms with E-state index in [0.29, 0.717) is 37.2 Å². The van der Waals surface area contributed by atoms with Crippen molar-refractivity contribution in [3.8, 4) is 0 Å². The fourth-order valence-corrected chi connectivity index (χ4v) is 6.69. The molecule has 8 rings (SSSR count). The summed E-state index contributed by atoms with van der Waals surface area (Å²) in [5.41, 5.74) is 1.18. The summed E-state index contributed by atoms with van der Waals surface area (Å²) in [5.74, 6) is -0.614. The van der Waals surface area contributed by atoms with Gasteiger partial charge in [0.2, 0.25) is 0 Å². The largest absolute Gasteiger partial charge is 0.462 e. The van der Waals surface area contributed by atoms with E-state index in [-0.39, 0.29) is 11.9 Å². The minimum atomic E-state index is -0.307. The van der Waals surface area contributed by atoms with Crippen molar-refractivity contribution in [1.82, 2.24) is 0 Å². The molecular weight excluding hydrogens is 532 g/mol. The van der Waals surface area contributed by atoms with Gasteiger partial charge in [-0.05, 0) is 96.0 Å². The standard InChI is InChI=1S/C39H28O4/c40-38(32-20-16-28-12-10-24-6-4-8-26-14-18-30(32)36(28)34(24)26)42-22-2-1-3-23-43-39(41)33-21-17-29-13-11-25-7-5-9-27-15-19-31(33)37(29)35(25)27/h4-21H,1-3,22-23H2. The van der Waals surface area contributed by atoms with E-state index in [0.717, 1.165) is 38.7 Å². The number of esters is 2. The molecule has 0 atom stereocenters. The van der Waals surface area contributed by atoms with Crippen LogP contribution in [0.4, 0.5) is 0 Å². The zero-order valence-electron chi connectivity index (χ0n) is 23.6. The molecule has 0 saturated carbocycles. The molecule has 8 aromatic rings. The Kier molecular flexibility index (Phi) is 6.07. The second-order valence-electron chi connectivity index (χ2n) is 11.3. The number of hydrogen-bond acceptors (Lipinski definition) is 4. The lowest BCUT2D eigenvalue weighted by molar-refractivity contribution is 0.0480. The van der Waals surface area contributed by atoms with Crippen LogP contribution < -0.4 is 0 Å². The molecule has 0 amide bonds. The van der Waals surface area contributed by atoms with Gasteiger partial charge in [-0.2, -0.15) is 0 Å². The molecule has 0 radical (unpaired) electrons. The average molecular weight is 561 g/mol. The fraction of sp³-hybridized carbons (Fsp3) is 0.128. The highest BCUT2D eigenvalue weighted by Crippen LogP contribution is 2.37. The highest BCUT2D eigenvalue weighted by atomic mass is 16.5. The Morgan fingerprint density at radius 3 is 1.16 bits per heavy atom. The van der Waals surface area contributed by atoms with Crippen molar-refractivity contribution in [2.75, 3.05) is 13.2 Å². The van der Waals surface area contributed by atoms with Gasteiger partial charge in [0, 0.05) is 0 Å². The molecule has 0 saturated heterocycles. The predicted octanol–water partition coefficient (Wildman–Crippen LogP) is 9.67. The highest BCUT2D eigenvalue weighted by molar-refractivity contribution is 6.27. The van der Waals surface area contributed by atoms with E-state index < -0.39 is 0 Å².